The zero-order chi connectivity index (χ0) is 14.7. The van der Waals surface area contributed by atoms with Gasteiger partial charge in [0.2, 0.25) is 0 Å². The average Bonchev–Trinajstić information content (AvgIpc) is 2.45. The van der Waals surface area contributed by atoms with E-state index in [1.165, 1.54) is 29.4 Å². The number of rotatable bonds is 3. The fourth-order valence-corrected chi connectivity index (χ4v) is 1.73. The molecule has 0 spiro atoms. The third kappa shape index (κ3) is 2.92. The van der Waals surface area contributed by atoms with Crippen molar-refractivity contribution < 1.29 is 9.59 Å². The van der Waals surface area contributed by atoms with Gasteiger partial charge in [-0.25, -0.2) is 0 Å². The Bertz CT molecular complexity index is 675. The van der Waals surface area contributed by atoms with E-state index in [-0.39, 0.29) is 17.3 Å². The normalized spacial score (nSPS) is 10.1. The lowest BCUT2D eigenvalue weighted by atomic mass is 10.2. The van der Waals surface area contributed by atoms with Crippen LogP contribution in [0.2, 0.25) is 5.02 Å². The number of hydrogen-bond acceptors (Lipinski definition) is 4. The van der Waals surface area contributed by atoms with E-state index in [0.29, 0.717) is 10.7 Å². The molecule has 0 radical (unpaired) electrons. The first-order valence-electron chi connectivity index (χ1n) is 5.64. The van der Waals surface area contributed by atoms with Gasteiger partial charge in [-0.3, -0.25) is 19.6 Å². The van der Waals surface area contributed by atoms with E-state index in [0.717, 1.165) is 0 Å². The van der Waals surface area contributed by atoms with Crippen LogP contribution in [0, 0.1) is 0 Å². The smallest absolute Gasteiger partial charge is 0.276 e. The largest absolute Gasteiger partial charge is 0.364 e. The number of carbonyl (C=O) groups excluding carboxylic acids is 2. The van der Waals surface area contributed by atoms with Gasteiger partial charge >= 0.3 is 0 Å². The van der Waals surface area contributed by atoms with Crippen molar-refractivity contribution in [2.75, 3.05) is 11.9 Å². The number of pyridine rings is 2. The molecule has 20 heavy (non-hydrogen) atoms. The summed E-state index contributed by atoms with van der Waals surface area (Å²) in [7, 11) is 1.56. The van der Waals surface area contributed by atoms with E-state index in [9.17, 15) is 9.59 Å². The van der Waals surface area contributed by atoms with Crippen molar-refractivity contribution in [3.63, 3.8) is 0 Å². The van der Waals surface area contributed by atoms with Gasteiger partial charge in [0.1, 0.15) is 11.4 Å². The van der Waals surface area contributed by atoms with Crippen molar-refractivity contribution >= 4 is 29.1 Å². The van der Waals surface area contributed by atoms with E-state index < -0.39 is 5.91 Å². The van der Waals surface area contributed by atoms with Crippen molar-refractivity contribution in [3.8, 4) is 0 Å². The van der Waals surface area contributed by atoms with Crippen LogP contribution in [0.4, 0.5) is 5.69 Å². The summed E-state index contributed by atoms with van der Waals surface area (Å²) in [6, 6.07) is 6.08. The SMILES string of the molecule is CN(C(=O)c1cc(Cl)ccn1)c1ccnc(C(N)=O)c1. The second-order valence-corrected chi connectivity index (χ2v) is 4.42. The zero-order valence-electron chi connectivity index (χ0n) is 10.6. The van der Waals surface area contributed by atoms with Crippen LogP contribution in [0.1, 0.15) is 21.0 Å². The second-order valence-electron chi connectivity index (χ2n) is 3.99. The highest BCUT2D eigenvalue weighted by Gasteiger charge is 2.16. The Morgan fingerprint density at radius 1 is 1.15 bits per heavy atom. The molecule has 0 bridgehead atoms. The molecule has 0 fully saturated rings. The van der Waals surface area contributed by atoms with Crippen LogP contribution < -0.4 is 10.6 Å². The molecule has 6 nitrogen and oxygen atoms in total. The number of carbonyl (C=O) groups is 2. The van der Waals surface area contributed by atoms with E-state index in [1.807, 2.05) is 0 Å². The summed E-state index contributed by atoms with van der Waals surface area (Å²) in [6.45, 7) is 0. The number of halogens is 1. The number of anilines is 1. The average molecular weight is 291 g/mol. The molecule has 0 atom stereocenters. The molecule has 0 saturated carbocycles. The predicted molar refractivity (Wildman–Crippen MR) is 74.7 cm³/mol. The maximum absolute atomic E-state index is 12.2. The highest BCUT2D eigenvalue weighted by atomic mass is 35.5. The summed E-state index contributed by atoms with van der Waals surface area (Å²) in [6.07, 6.45) is 2.86. The highest BCUT2D eigenvalue weighted by Crippen LogP contribution is 2.16. The van der Waals surface area contributed by atoms with Crippen molar-refractivity contribution in [1.82, 2.24) is 9.97 Å². The Morgan fingerprint density at radius 3 is 2.45 bits per heavy atom. The van der Waals surface area contributed by atoms with Crippen LogP contribution in [0.3, 0.4) is 0 Å². The van der Waals surface area contributed by atoms with Gasteiger partial charge in [-0.05, 0) is 24.3 Å². The molecule has 0 aliphatic rings. The first-order chi connectivity index (χ1) is 9.49. The molecule has 2 rings (SSSR count). The van der Waals surface area contributed by atoms with Crippen LogP contribution in [-0.2, 0) is 0 Å². The fourth-order valence-electron chi connectivity index (χ4n) is 1.57. The van der Waals surface area contributed by atoms with Gasteiger partial charge in [0.25, 0.3) is 11.8 Å². The number of amides is 2. The number of hydrogen-bond donors (Lipinski definition) is 1. The Kier molecular flexibility index (Phi) is 3.95. The molecular formula is C13H11ClN4O2. The van der Waals surface area contributed by atoms with Crippen LogP contribution >= 0.6 is 11.6 Å². The zero-order valence-corrected chi connectivity index (χ0v) is 11.3. The number of nitrogens with two attached hydrogens (primary N) is 1. The Balaban J connectivity index is 2.31. The molecule has 0 saturated heterocycles. The van der Waals surface area contributed by atoms with Crippen molar-refractivity contribution in [2.24, 2.45) is 5.73 Å². The molecule has 2 heterocycles. The summed E-state index contributed by atoms with van der Waals surface area (Å²) in [5.74, 6) is -1.01. The molecule has 0 aliphatic carbocycles. The molecule has 2 aromatic heterocycles. The van der Waals surface area contributed by atoms with Gasteiger partial charge < -0.3 is 10.6 Å². The van der Waals surface area contributed by atoms with Crippen molar-refractivity contribution in [3.05, 3.63) is 53.1 Å². The van der Waals surface area contributed by atoms with Crippen LogP contribution in [0.5, 0.6) is 0 Å². The molecule has 102 valence electrons. The Hall–Kier alpha value is -2.47. The minimum absolute atomic E-state index is 0.0844. The molecular weight excluding hydrogens is 280 g/mol. The van der Waals surface area contributed by atoms with Gasteiger partial charge in [-0.1, -0.05) is 11.6 Å². The van der Waals surface area contributed by atoms with E-state index >= 15 is 0 Å². The minimum atomic E-state index is -0.659. The fraction of sp³-hybridized carbons (Fsp3) is 0.0769. The van der Waals surface area contributed by atoms with Crippen molar-refractivity contribution in [1.29, 1.82) is 0 Å². The van der Waals surface area contributed by atoms with Crippen molar-refractivity contribution in [2.45, 2.75) is 0 Å². The molecule has 0 aliphatic heterocycles. The molecule has 0 unspecified atom stereocenters. The monoisotopic (exact) mass is 290 g/mol. The molecule has 7 heteroatoms. The second kappa shape index (κ2) is 5.66. The van der Waals surface area contributed by atoms with Gasteiger partial charge in [-0.2, -0.15) is 0 Å². The van der Waals surface area contributed by atoms with E-state index in [2.05, 4.69) is 9.97 Å². The van der Waals surface area contributed by atoms with Gasteiger partial charge in [0.15, 0.2) is 0 Å². The lowest BCUT2D eigenvalue weighted by Gasteiger charge is -2.17. The number of aromatic nitrogens is 2. The molecule has 0 aromatic carbocycles. The van der Waals surface area contributed by atoms with E-state index in [4.69, 9.17) is 17.3 Å². The van der Waals surface area contributed by atoms with Crippen LogP contribution in [0.25, 0.3) is 0 Å². The van der Waals surface area contributed by atoms with E-state index in [1.54, 1.807) is 19.2 Å². The molecule has 2 aromatic rings. The van der Waals surface area contributed by atoms with Crippen LogP contribution in [-0.4, -0.2) is 28.8 Å². The summed E-state index contributed by atoms with van der Waals surface area (Å²) in [5, 5.41) is 0.421. The maximum atomic E-state index is 12.2. The number of primary amides is 1. The maximum Gasteiger partial charge on any atom is 0.276 e. The minimum Gasteiger partial charge on any atom is -0.364 e. The third-order valence-electron chi connectivity index (χ3n) is 2.63. The highest BCUT2D eigenvalue weighted by molar-refractivity contribution is 6.31. The molecule has 2 amide bonds. The van der Waals surface area contributed by atoms with Gasteiger partial charge in [0.05, 0.1) is 0 Å². The number of nitrogens with zero attached hydrogens (tertiary/aromatic N) is 3. The predicted octanol–water partition coefficient (Wildman–Crippen LogP) is 1.51. The molecule has 2 N–H and O–H groups in total. The van der Waals surface area contributed by atoms with Gasteiger partial charge in [-0.15, -0.1) is 0 Å². The third-order valence-corrected chi connectivity index (χ3v) is 2.86. The first kappa shape index (κ1) is 14.0. The lowest BCUT2D eigenvalue weighted by molar-refractivity contribution is 0.0980. The summed E-state index contributed by atoms with van der Waals surface area (Å²) >= 11 is 5.82. The quantitative estimate of drug-likeness (QED) is 0.928. The summed E-state index contributed by atoms with van der Waals surface area (Å²) < 4.78 is 0. The van der Waals surface area contributed by atoms with Crippen LogP contribution in [0.15, 0.2) is 36.7 Å². The first-order valence-corrected chi connectivity index (χ1v) is 6.02. The summed E-state index contributed by atoms with van der Waals surface area (Å²) in [5.41, 5.74) is 5.93. The summed E-state index contributed by atoms with van der Waals surface area (Å²) in [4.78, 5) is 32.5. The Labute approximate surface area is 120 Å². The topological polar surface area (TPSA) is 89.2 Å². The Morgan fingerprint density at radius 2 is 1.80 bits per heavy atom. The lowest BCUT2D eigenvalue weighted by Crippen LogP contribution is -2.27. The van der Waals surface area contributed by atoms with Gasteiger partial charge in [0, 0.05) is 30.2 Å². The standard InChI is InChI=1S/C13H11ClN4O2/c1-18(9-3-5-16-10(7-9)12(15)19)13(20)11-6-8(14)2-4-17-11/h2-7H,1H3,(H2,15,19).